The van der Waals surface area contributed by atoms with Crippen LogP contribution in [0.15, 0.2) is 82.1 Å². The number of aliphatic hydroxyl groups is 1. The van der Waals surface area contributed by atoms with Gasteiger partial charge in [-0.15, -0.1) is 0 Å². The largest absolute Gasteiger partial charge is 0.369 e. The molecule has 0 radical (unpaired) electrons. The zero-order chi connectivity index (χ0) is 25.9. The van der Waals surface area contributed by atoms with Gasteiger partial charge in [0.25, 0.3) is 5.91 Å². The van der Waals surface area contributed by atoms with Gasteiger partial charge in [-0.25, -0.2) is 4.79 Å². The Labute approximate surface area is 210 Å². The first kappa shape index (κ1) is 24.9. The minimum atomic E-state index is -2.00. The molecule has 1 unspecified atom stereocenters. The standard InChI is InChI=1S/C30H28N2O4/c1-20-10-12-22(13-11-20)16-17-30(35,19-29(3,4)23-8-6-5-7-9-23)28(34)31-24-14-15-25-26(18-24)21(2)32-36-27(25)33/h5-15,18,35H,19H2,1-4H3,(H,31,34). The van der Waals surface area contributed by atoms with Crippen molar-refractivity contribution >= 4 is 22.4 Å². The van der Waals surface area contributed by atoms with Crippen molar-refractivity contribution in [3.05, 3.63) is 106 Å². The maximum Gasteiger partial charge on any atom is 0.366 e. The summed E-state index contributed by atoms with van der Waals surface area (Å²) < 4.78 is 4.77. The first-order valence-corrected chi connectivity index (χ1v) is 11.7. The highest BCUT2D eigenvalue weighted by molar-refractivity contribution is 6.01. The number of fused-ring (bicyclic) bond motifs is 1. The summed E-state index contributed by atoms with van der Waals surface area (Å²) >= 11 is 0. The lowest BCUT2D eigenvalue weighted by atomic mass is 9.75. The van der Waals surface area contributed by atoms with E-state index in [0.717, 1.165) is 11.1 Å². The molecule has 36 heavy (non-hydrogen) atoms. The van der Waals surface area contributed by atoms with Crippen LogP contribution in [0.4, 0.5) is 5.69 Å². The van der Waals surface area contributed by atoms with E-state index < -0.39 is 22.5 Å². The molecular formula is C30H28N2O4. The van der Waals surface area contributed by atoms with E-state index >= 15 is 0 Å². The monoisotopic (exact) mass is 480 g/mol. The Balaban J connectivity index is 1.71. The predicted octanol–water partition coefficient (Wildman–Crippen LogP) is 4.89. The van der Waals surface area contributed by atoms with Gasteiger partial charge in [-0.05, 0) is 55.2 Å². The van der Waals surface area contributed by atoms with Gasteiger partial charge in [-0.1, -0.05) is 78.9 Å². The number of hydrogen-bond acceptors (Lipinski definition) is 5. The Hall–Kier alpha value is -4.21. The molecule has 1 atom stereocenters. The van der Waals surface area contributed by atoms with Crippen molar-refractivity contribution in [2.24, 2.45) is 0 Å². The number of carbonyl (C=O) groups excluding carboxylic acids is 1. The zero-order valence-corrected chi connectivity index (χ0v) is 20.8. The molecule has 2 N–H and O–H groups in total. The molecule has 0 bridgehead atoms. The molecule has 0 aliphatic carbocycles. The number of benzene rings is 3. The fourth-order valence-electron chi connectivity index (χ4n) is 4.17. The summed E-state index contributed by atoms with van der Waals surface area (Å²) in [5.74, 6) is 5.17. The average molecular weight is 481 g/mol. The smallest absolute Gasteiger partial charge is 0.366 e. The third-order valence-corrected chi connectivity index (χ3v) is 6.25. The average Bonchev–Trinajstić information content (AvgIpc) is 2.86. The van der Waals surface area contributed by atoms with E-state index in [-0.39, 0.29) is 6.42 Å². The lowest BCUT2D eigenvalue weighted by Gasteiger charge is -2.32. The van der Waals surface area contributed by atoms with E-state index in [4.69, 9.17) is 4.52 Å². The van der Waals surface area contributed by atoms with E-state index in [9.17, 15) is 14.7 Å². The molecule has 0 aliphatic heterocycles. The summed E-state index contributed by atoms with van der Waals surface area (Å²) in [6.07, 6.45) is 0.0620. The van der Waals surface area contributed by atoms with Gasteiger partial charge in [0, 0.05) is 23.1 Å². The third kappa shape index (κ3) is 5.37. The van der Waals surface area contributed by atoms with Gasteiger partial charge in [0.2, 0.25) is 5.60 Å². The van der Waals surface area contributed by atoms with Crippen molar-refractivity contribution < 1.29 is 14.4 Å². The second-order valence-electron chi connectivity index (χ2n) is 9.67. The summed E-state index contributed by atoms with van der Waals surface area (Å²) in [5.41, 5.74) is 0.584. The van der Waals surface area contributed by atoms with Crippen molar-refractivity contribution in [3.8, 4) is 11.8 Å². The highest BCUT2D eigenvalue weighted by Crippen LogP contribution is 2.33. The summed E-state index contributed by atoms with van der Waals surface area (Å²) in [6.45, 7) is 7.63. The minimum absolute atomic E-state index is 0.0620. The second kappa shape index (κ2) is 9.80. The molecule has 0 fully saturated rings. The molecule has 4 aromatic rings. The maximum atomic E-state index is 13.5. The van der Waals surface area contributed by atoms with Crippen LogP contribution in [0.1, 0.15) is 42.7 Å². The van der Waals surface area contributed by atoms with Gasteiger partial charge in [0.05, 0.1) is 11.1 Å². The number of anilines is 1. The number of aromatic nitrogens is 1. The van der Waals surface area contributed by atoms with Crippen LogP contribution >= 0.6 is 0 Å². The second-order valence-corrected chi connectivity index (χ2v) is 9.67. The Bertz CT molecular complexity index is 1530. The van der Waals surface area contributed by atoms with Gasteiger partial charge in [-0.2, -0.15) is 0 Å². The first-order chi connectivity index (χ1) is 17.1. The fourth-order valence-corrected chi connectivity index (χ4v) is 4.17. The predicted molar refractivity (Wildman–Crippen MR) is 141 cm³/mol. The van der Waals surface area contributed by atoms with E-state index in [1.807, 2.05) is 75.4 Å². The van der Waals surface area contributed by atoms with Crippen LogP contribution < -0.4 is 10.9 Å². The quantitative estimate of drug-likeness (QED) is 0.397. The highest BCUT2D eigenvalue weighted by atomic mass is 16.5. The van der Waals surface area contributed by atoms with Crippen LogP contribution in [0.25, 0.3) is 10.8 Å². The van der Waals surface area contributed by atoms with Crippen LogP contribution in [0.3, 0.4) is 0 Å². The number of amides is 1. The van der Waals surface area contributed by atoms with Gasteiger partial charge < -0.3 is 14.9 Å². The van der Waals surface area contributed by atoms with Crippen molar-refractivity contribution in [2.75, 3.05) is 5.32 Å². The van der Waals surface area contributed by atoms with Crippen LogP contribution in [0.2, 0.25) is 0 Å². The molecule has 6 heteroatoms. The molecule has 3 aromatic carbocycles. The van der Waals surface area contributed by atoms with Gasteiger partial charge >= 0.3 is 5.63 Å². The summed E-state index contributed by atoms with van der Waals surface area (Å²) in [7, 11) is 0. The minimum Gasteiger partial charge on any atom is -0.369 e. The molecule has 0 saturated carbocycles. The Morgan fingerprint density at radius 2 is 1.69 bits per heavy atom. The highest BCUT2D eigenvalue weighted by Gasteiger charge is 2.41. The summed E-state index contributed by atoms with van der Waals surface area (Å²) in [4.78, 5) is 25.5. The maximum absolute atomic E-state index is 13.5. The van der Waals surface area contributed by atoms with E-state index in [1.165, 1.54) is 0 Å². The number of aryl methyl sites for hydroxylation is 2. The van der Waals surface area contributed by atoms with Gasteiger partial charge in [0.15, 0.2) is 0 Å². The Morgan fingerprint density at radius 1 is 1.00 bits per heavy atom. The number of hydrogen-bond donors (Lipinski definition) is 2. The number of rotatable bonds is 5. The number of nitrogens with zero attached hydrogens (tertiary/aromatic N) is 1. The fraction of sp³-hybridized carbons (Fsp3) is 0.233. The van der Waals surface area contributed by atoms with Crippen molar-refractivity contribution in [1.82, 2.24) is 5.16 Å². The lowest BCUT2D eigenvalue weighted by molar-refractivity contribution is -0.130. The van der Waals surface area contributed by atoms with E-state index in [0.29, 0.717) is 27.7 Å². The number of carbonyl (C=O) groups is 1. The SMILES string of the molecule is Cc1ccc(C#CC(O)(CC(C)(C)c2ccccc2)C(=O)Nc2ccc3c(=O)onc(C)c3c2)cc1. The molecular weight excluding hydrogens is 452 g/mol. The molecule has 0 aliphatic rings. The van der Waals surface area contributed by atoms with Crippen molar-refractivity contribution in [3.63, 3.8) is 0 Å². The van der Waals surface area contributed by atoms with E-state index in [1.54, 1.807) is 25.1 Å². The summed E-state index contributed by atoms with van der Waals surface area (Å²) in [5, 5.41) is 19.2. The summed E-state index contributed by atoms with van der Waals surface area (Å²) in [6, 6.07) is 22.1. The number of nitrogens with one attached hydrogen (secondary N) is 1. The van der Waals surface area contributed by atoms with Crippen molar-refractivity contribution in [1.29, 1.82) is 0 Å². The molecule has 1 amide bonds. The molecule has 4 rings (SSSR count). The lowest BCUT2D eigenvalue weighted by Crippen LogP contribution is -2.46. The molecule has 1 heterocycles. The molecule has 0 spiro atoms. The van der Waals surface area contributed by atoms with Gasteiger partial charge in [0.1, 0.15) is 0 Å². The normalized spacial score (nSPS) is 12.9. The van der Waals surface area contributed by atoms with Crippen LogP contribution in [-0.2, 0) is 10.2 Å². The Morgan fingerprint density at radius 3 is 2.39 bits per heavy atom. The molecule has 182 valence electrons. The van der Waals surface area contributed by atoms with E-state index in [2.05, 4.69) is 22.3 Å². The van der Waals surface area contributed by atoms with Crippen LogP contribution in [0.5, 0.6) is 0 Å². The van der Waals surface area contributed by atoms with Crippen LogP contribution in [0, 0.1) is 25.7 Å². The van der Waals surface area contributed by atoms with Gasteiger partial charge in [-0.3, -0.25) is 4.79 Å². The zero-order valence-electron chi connectivity index (χ0n) is 20.8. The Kier molecular flexibility index (Phi) is 6.78. The first-order valence-electron chi connectivity index (χ1n) is 11.7. The topological polar surface area (TPSA) is 92.4 Å². The molecule has 0 saturated heterocycles. The third-order valence-electron chi connectivity index (χ3n) is 6.25. The molecule has 1 aromatic heterocycles. The van der Waals surface area contributed by atoms with Crippen molar-refractivity contribution in [2.45, 2.75) is 45.1 Å². The van der Waals surface area contributed by atoms with Crippen LogP contribution in [-0.4, -0.2) is 21.8 Å². The molecule has 6 nitrogen and oxygen atoms in total.